The Morgan fingerprint density at radius 3 is 2.35 bits per heavy atom. The van der Waals surface area contributed by atoms with Crippen molar-refractivity contribution in [1.82, 2.24) is 10.2 Å². The minimum Gasteiger partial charge on any atom is -0.497 e. The van der Waals surface area contributed by atoms with E-state index in [-0.39, 0.29) is 5.41 Å². The number of benzene rings is 1. The van der Waals surface area contributed by atoms with Gasteiger partial charge < -0.3 is 20.3 Å². The summed E-state index contributed by atoms with van der Waals surface area (Å²) in [5.74, 6) is 0.835. The predicted octanol–water partition coefficient (Wildman–Crippen LogP) is 2.57. The first-order chi connectivity index (χ1) is 9.32. The minimum atomic E-state index is 0.162. The number of anilines is 1. The van der Waals surface area contributed by atoms with Gasteiger partial charge in [-0.25, -0.2) is 0 Å². The zero-order valence-corrected chi connectivity index (χ0v) is 13.8. The molecule has 4 nitrogen and oxygen atoms in total. The van der Waals surface area contributed by atoms with E-state index >= 15 is 0 Å². The first-order valence-electron chi connectivity index (χ1n) is 6.66. The van der Waals surface area contributed by atoms with E-state index in [1.807, 2.05) is 24.3 Å². The molecular weight excluding hydrogens is 270 g/mol. The Balaban J connectivity index is 2.43. The average Bonchev–Trinajstić information content (AvgIpc) is 2.36. The molecule has 0 unspecified atom stereocenters. The molecule has 0 spiro atoms. The molecule has 0 atom stereocenters. The topological polar surface area (TPSA) is 36.5 Å². The van der Waals surface area contributed by atoms with Gasteiger partial charge in [-0.1, -0.05) is 13.8 Å². The van der Waals surface area contributed by atoms with Crippen LogP contribution >= 0.6 is 12.2 Å². The Kier molecular flexibility index (Phi) is 6.23. The van der Waals surface area contributed by atoms with Crippen molar-refractivity contribution in [3.05, 3.63) is 24.3 Å². The Bertz CT molecular complexity index is 429. The summed E-state index contributed by atoms with van der Waals surface area (Å²) in [5.41, 5.74) is 1.11. The van der Waals surface area contributed by atoms with E-state index in [1.165, 1.54) is 0 Å². The quantitative estimate of drug-likeness (QED) is 0.789. The summed E-state index contributed by atoms with van der Waals surface area (Å²) in [4.78, 5) is 2.18. The van der Waals surface area contributed by atoms with Gasteiger partial charge in [0.25, 0.3) is 0 Å². The van der Waals surface area contributed by atoms with Gasteiger partial charge in [0.2, 0.25) is 0 Å². The molecule has 0 aliphatic heterocycles. The fourth-order valence-corrected chi connectivity index (χ4v) is 2.27. The summed E-state index contributed by atoms with van der Waals surface area (Å²) in [6, 6.07) is 7.69. The van der Waals surface area contributed by atoms with Crippen LogP contribution in [0.5, 0.6) is 5.75 Å². The molecule has 0 saturated carbocycles. The van der Waals surface area contributed by atoms with E-state index < -0.39 is 0 Å². The van der Waals surface area contributed by atoms with Gasteiger partial charge in [0.15, 0.2) is 5.11 Å². The number of ether oxygens (including phenoxy) is 1. The lowest BCUT2D eigenvalue weighted by atomic mass is 9.93. The molecule has 112 valence electrons. The highest BCUT2D eigenvalue weighted by Crippen LogP contribution is 2.16. The van der Waals surface area contributed by atoms with Crippen molar-refractivity contribution in [2.45, 2.75) is 13.8 Å². The van der Waals surface area contributed by atoms with E-state index in [4.69, 9.17) is 17.0 Å². The van der Waals surface area contributed by atoms with Crippen LogP contribution in [0.15, 0.2) is 24.3 Å². The second-order valence-electron chi connectivity index (χ2n) is 5.94. The zero-order chi connectivity index (χ0) is 15.2. The molecule has 0 radical (unpaired) electrons. The minimum absolute atomic E-state index is 0.162. The van der Waals surface area contributed by atoms with Gasteiger partial charge in [0.1, 0.15) is 5.75 Å². The van der Waals surface area contributed by atoms with Crippen molar-refractivity contribution in [1.29, 1.82) is 0 Å². The third-order valence-corrected chi connectivity index (χ3v) is 3.07. The summed E-state index contributed by atoms with van der Waals surface area (Å²) in [7, 11) is 5.81. The Morgan fingerprint density at radius 1 is 1.25 bits per heavy atom. The molecular formula is C15H25N3OS. The lowest BCUT2D eigenvalue weighted by molar-refractivity contribution is 0.242. The monoisotopic (exact) mass is 295 g/mol. The smallest absolute Gasteiger partial charge is 0.170 e. The lowest BCUT2D eigenvalue weighted by Gasteiger charge is -2.29. The maximum atomic E-state index is 5.31. The van der Waals surface area contributed by atoms with Crippen LogP contribution in [-0.4, -0.2) is 44.3 Å². The van der Waals surface area contributed by atoms with E-state index in [9.17, 15) is 0 Å². The summed E-state index contributed by atoms with van der Waals surface area (Å²) in [5, 5.41) is 7.08. The summed E-state index contributed by atoms with van der Waals surface area (Å²) >= 11 is 5.31. The molecule has 0 saturated heterocycles. The molecule has 1 rings (SSSR count). The van der Waals surface area contributed by atoms with Crippen molar-refractivity contribution < 1.29 is 4.74 Å². The maximum absolute atomic E-state index is 5.31. The molecule has 0 bridgehead atoms. The number of hydrogen-bond donors (Lipinski definition) is 2. The molecule has 0 heterocycles. The van der Waals surface area contributed by atoms with Crippen molar-refractivity contribution in [2.75, 3.05) is 39.6 Å². The van der Waals surface area contributed by atoms with Crippen molar-refractivity contribution in [2.24, 2.45) is 5.41 Å². The van der Waals surface area contributed by atoms with Gasteiger partial charge in [0, 0.05) is 18.8 Å². The van der Waals surface area contributed by atoms with Gasteiger partial charge in [-0.2, -0.15) is 0 Å². The molecule has 5 heteroatoms. The standard InChI is InChI=1S/C15H25N3OS/c1-15(2,11-18(3)4)10-16-14(20)17-12-6-8-13(19-5)9-7-12/h6-9H,10-11H2,1-5H3,(H2,16,17,20). The fraction of sp³-hybridized carbons (Fsp3) is 0.533. The van der Waals surface area contributed by atoms with E-state index in [0.717, 1.165) is 24.5 Å². The third kappa shape index (κ3) is 6.21. The Labute approximate surface area is 127 Å². The van der Waals surface area contributed by atoms with Crippen LogP contribution in [0.25, 0.3) is 0 Å². The Morgan fingerprint density at radius 2 is 1.85 bits per heavy atom. The van der Waals surface area contributed by atoms with Crippen LogP contribution < -0.4 is 15.4 Å². The molecule has 0 aliphatic rings. The summed E-state index contributed by atoms with van der Waals surface area (Å²) in [6.45, 7) is 6.27. The first kappa shape index (κ1) is 16.7. The van der Waals surface area contributed by atoms with Gasteiger partial charge in [0.05, 0.1) is 7.11 Å². The van der Waals surface area contributed by atoms with Crippen molar-refractivity contribution in [3.8, 4) is 5.75 Å². The second kappa shape index (κ2) is 7.45. The number of thiocarbonyl (C=S) groups is 1. The van der Waals surface area contributed by atoms with Crippen molar-refractivity contribution >= 4 is 23.0 Å². The van der Waals surface area contributed by atoms with Crippen LogP contribution in [0.2, 0.25) is 0 Å². The van der Waals surface area contributed by atoms with Crippen LogP contribution in [0.4, 0.5) is 5.69 Å². The molecule has 0 aromatic heterocycles. The normalized spacial score (nSPS) is 11.3. The molecule has 1 aromatic carbocycles. The number of hydrogen-bond acceptors (Lipinski definition) is 3. The first-order valence-corrected chi connectivity index (χ1v) is 7.07. The van der Waals surface area contributed by atoms with Gasteiger partial charge >= 0.3 is 0 Å². The second-order valence-corrected chi connectivity index (χ2v) is 6.35. The maximum Gasteiger partial charge on any atom is 0.170 e. The van der Waals surface area contributed by atoms with Crippen molar-refractivity contribution in [3.63, 3.8) is 0 Å². The third-order valence-electron chi connectivity index (χ3n) is 2.82. The SMILES string of the molecule is COc1ccc(NC(=S)NCC(C)(C)CN(C)C)cc1. The van der Waals surface area contributed by atoms with E-state index in [0.29, 0.717) is 5.11 Å². The summed E-state index contributed by atoms with van der Waals surface area (Å²) in [6.07, 6.45) is 0. The molecule has 1 aromatic rings. The average molecular weight is 295 g/mol. The van der Waals surface area contributed by atoms with Gasteiger partial charge in [-0.3, -0.25) is 0 Å². The highest BCUT2D eigenvalue weighted by Gasteiger charge is 2.18. The van der Waals surface area contributed by atoms with Gasteiger partial charge in [-0.05, 0) is 56.0 Å². The van der Waals surface area contributed by atoms with E-state index in [2.05, 4.69) is 43.5 Å². The van der Waals surface area contributed by atoms with Crippen LogP contribution in [-0.2, 0) is 0 Å². The number of methoxy groups -OCH3 is 1. The van der Waals surface area contributed by atoms with Crippen LogP contribution in [0.3, 0.4) is 0 Å². The van der Waals surface area contributed by atoms with E-state index in [1.54, 1.807) is 7.11 Å². The molecule has 0 aliphatic carbocycles. The Hall–Kier alpha value is -1.33. The highest BCUT2D eigenvalue weighted by molar-refractivity contribution is 7.80. The van der Waals surface area contributed by atoms with Crippen LogP contribution in [0, 0.1) is 5.41 Å². The molecule has 20 heavy (non-hydrogen) atoms. The largest absolute Gasteiger partial charge is 0.497 e. The van der Waals surface area contributed by atoms with Crippen LogP contribution in [0.1, 0.15) is 13.8 Å². The number of nitrogens with zero attached hydrogens (tertiary/aromatic N) is 1. The van der Waals surface area contributed by atoms with Gasteiger partial charge in [-0.15, -0.1) is 0 Å². The number of rotatable bonds is 6. The summed E-state index contributed by atoms with van der Waals surface area (Å²) < 4.78 is 5.12. The zero-order valence-electron chi connectivity index (χ0n) is 13.0. The fourth-order valence-electron chi connectivity index (χ4n) is 2.08. The predicted molar refractivity (Wildman–Crippen MR) is 89.6 cm³/mol. The molecule has 0 amide bonds. The molecule has 0 fully saturated rings. The lowest BCUT2D eigenvalue weighted by Crippen LogP contribution is -2.41. The number of nitrogens with one attached hydrogen (secondary N) is 2. The highest BCUT2D eigenvalue weighted by atomic mass is 32.1. The molecule has 2 N–H and O–H groups in total.